The Labute approximate surface area is 109 Å². The molecule has 0 radical (unpaired) electrons. The predicted molar refractivity (Wildman–Crippen MR) is 72.5 cm³/mol. The lowest BCUT2D eigenvalue weighted by Crippen LogP contribution is -2.22. The van der Waals surface area contributed by atoms with Crippen molar-refractivity contribution in [3.8, 4) is 11.5 Å². The molecule has 102 valence electrons. The minimum atomic E-state index is 0.0461. The number of rotatable bonds is 7. The second kappa shape index (κ2) is 7.24. The summed E-state index contributed by atoms with van der Waals surface area (Å²) in [5, 5.41) is 0. The molecule has 0 aliphatic carbocycles. The molecule has 0 saturated carbocycles. The van der Waals surface area contributed by atoms with Crippen LogP contribution in [0.5, 0.6) is 11.5 Å². The zero-order valence-corrected chi connectivity index (χ0v) is 11.9. The van der Waals surface area contributed by atoms with Crippen LogP contribution in [0.25, 0.3) is 0 Å². The quantitative estimate of drug-likeness (QED) is 0.746. The highest BCUT2D eigenvalue weighted by molar-refractivity contribution is 5.43. The van der Waals surface area contributed by atoms with Gasteiger partial charge in [-0.25, -0.2) is 0 Å². The van der Waals surface area contributed by atoms with E-state index in [-0.39, 0.29) is 6.10 Å². The predicted octanol–water partition coefficient (Wildman–Crippen LogP) is 2.34. The minimum Gasteiger partial charge on any atom is -0.493 e. The molecule has 0 N–H and O–H groups in total. The van der Waals surface area contributed by atoms with Gasteiger partial charge in [-0.3, -0.25) is 0 Å². The molecular formula is C14H23NO3. The molecule has 1 aromatic rings. The summed E-state index contributed by atoms with van der Waals surface area (Å²) in [6, 6.07) is 5.91. The molecule has 1 aromatic carbocycles. The van der Waals surface area contributed by atoms with Crippen LogP contribution in [-0.4, -0.2) is 46.4 Å². The van der Waals surface area contributed by atoms with Crippen LogP contribution in [0.3, 0.4) is 0 Å². The lowest BCUT2D eigenvalue weighted by Gasteiger charge is -2.22. The van der Waals surface area contributed by atoms with Crippen LogP contribution < -0.4 is 9.47 Å². The van der Waals surface area contributed by atoms with Crippen molar-refractivity contribution in [2.75, 3.05) is 41.5 Å². The van der Waals surface area contributed by atoms with Gasteiger partial charge in [0, 0.05) is 13.2 Å². The Hall–Kier alpha value is -1.26. The summed E-state index contributed by atoms with van der Waals surface area (Å²) in [5.41, 5.74) is 1.10. The molecule has 0 saturated heterocycles. The number of likely N-dealkylation sites (N-methyl/N-ethyl adjacent to an activating group) is 1. The second-order valence-corrected chi connectivity index (χ2v) is 4.32. The lowest BCUT2D eigenvalue weighted by molar-refractivity contribution is 0.0432. The maximum Gasteiger partial charge on any atom is 0.161 e. The summed E-state index contributed by atoms with van der Waals surface area (Å²) in [5.74, 6) is 1.47. The largest absolute Gasteiger partial charge is 0.493 e. The number of hydrogen-bond acceptors (Lipinski definition) is 4. The molecule has 0 fully saturated rings. The van der Waals surface area contributed by atoms with Crippen molar-refractivity contribution in [1.82, 2.24) is 4.90 Å². The topological polar surface area (TPSA) is 30.9 Å². The molecule has 4 nitrogen and oxygen atoms in total. The average molecular weight is 253 g/mol. The molecule has 4 heteroatoms. The molecule has 0 amide bonds. The Balaban J connectivity index is 2.97. The average Bonchev–Trinajstić information content (AvgIpc) is 2.37. The minimum absolute atomic E-state index is 0.0461. The SMILES string of the molecule is CCOC(CN(C)C)c1ccc(OC)c(OC)c1. The zero-order chi connectivity index (χ0) is 13.5. The van der Waals surface area contributed by atoms with E-state index in [1.54, 1.807) is 14.2 Å². The number of hydrogen-bond donors (Lipinski definition) is 0. The first-order valence-electron chi connectivity index (χ1n) is 6.10. The first kappa shape index (κ1) is 14.8. The molecule has 18 heavy (non-hydrogen) atoms. The lowest BCUT2D eigenvalue weighted by atomic mass is 10.1. The van der Waals surface area contributed by atoms with Crippen molar-refractivity contribution in [2.24, 2.45) is 0 Å². The number of nitrogens with zero attached hydrogens (tertiary/aromatic N) is 1. The van der Waals surface area contributed by atoms with E-state index in [2.05, 4.69) is 4.90 Å². The van der Waals surface area contributed by atoms with Gasteiger partial charge in [-0.1, -0.05) is 6.07 Å². The van der Waals surface area contributed by atoms with E-state index in [1.807, 2.05) is 39.2 Å². The molecule has 0 aromatic heterocycles. The molecular weight excluding hydrogens is 230 g/mol. The van der Waals surface area contributed by atoms with Crippen molar-refractivity contribution >= 4 is 0 Å². The fourth-order valence-electron chi connectivity index (χ4n) is 1.84. The summed E-state index contributed by atoms with van der Waals surface area (Å²) in [6.45, 7) is 3.53. The van der Waals surface area contributed by atoms with E-state index in [9.17, 15) is 0 Å². The van der Waals surface area contributed by atoms with Crippen molar-refractivity contribution < 1.29 is 14.2 Å². The van der Waals surface area contributed by atoms with Gasteiger partial charge < -0.3 is 19.1 Å². The van der Waals surface area contributed by atoms with Crippen LogP contribution in [0, 0.1) is 0 Å². The van der Waals surface area contributed by atoms with E-state index < -0.39 is 0 Å². The Morgan fingerprint density at radius 2 is 1.78 bits per heavy atom. The van der Waals surface area contributed by atoms with E-state index in [0.717, 1.165) is 23.6 Å². The van der Waals surface area contributed by atoms with Crippen LogP contribution in [0.4, 0.5) is 0 Å². The highest BCUT2D eigenvalue weighted by atomic mass is 16.5. The van der Waals surface area contributed by atoms with Gasteiger partial charge in [-0.05, 0) is 38.7 Å². The van der Waals surface area contributed by atoms with Crippen LogP contribution in [0.15, 0.2) is 18.2 Å². The third-order valence-electron chi connectivity index (χ3n) is 2.68. The first-order chi connectivity index (χ1) is 8.62. The van der Waals surface area contributed by atoms with E-state index in [0.29, 0.717) is 6.61 Å². The monoisotopic (exact) mass is 253 g/mol. The van der Waals surface area contributed by atoms with Gasteiger partial charge in [0.05, 0.1) is 20.3 Å². The van der Waals surface area contributed by atoms with E-state index in [1.165, 1.54) is 0 Å². The summed E-state index contributed by atoms with van der Waals surface area (Å²) in [6.07, 6.45) is 0.0461. The van der Waals surface area contributed by atoms with E-state index in [4.69, 9.17) is 14.2 Å². The molecule has 0 spiro atoms. The third-order valence-corrected chi connectivity index (χ3v) is 2.68. The summed E-state index contributed by atoms with van der Waals surface area (Å²) in [4.78, 5) is 2.11. The van der Waals surface area contributed by atoms with Crippen molar-refractivity contribution in [3.05, 3.63) is 23.8 Å². The van der Waals surface area contributed by atoms with Crippen molar-refractivity contribution in [2.45, 2.75) is 13.0 Å². The molecule has 1 rings (SSSR count). The highest BCUT2D eigenvalue weighted by Gasteiger charge is 2.15. The molecule has 0 aliphatic rings. The number of methoxy groups -OCH3 is 2. The third kappa shape index (κ3) is 3.89. The Morgan fingerprint density at radius 3 is 2.28 bits per heavy atom. The maximum absolute atomic E-state index is 5.77. The standard InChI is InChI=1S/C14H23NO3/c1-6-18-14(10-15(2)3)11-7-8-12(16-4)13(9-11)17-5/h7-9,14H,6,10H2,1-5H3. The molecule has 1 unspecified atom stereocenters. The first-order valence-corrected chi connectivity index (χ1v) is 6.10. The Morgan fingerprint density at radius 1 is 1.11 bits per heavy atom. The van der Waals surface area contributed by atoms with Crippen LogP contribution in [0.1, 0.15) is 18.6 Å². The second-order valence-electron chi connectivity index (χ2n) is 4.32. The van der Waals surface area contributed by atoms with Gasteiger partial charge >= 0.3 is 0 Å². The Bertz CT molecular complexity index is 366. The van der Waals surface area contributed by atoms with Crippen LogP contribution >= 0.6 is 0 Å². The van der Waals surface area contributed by atoms with Crippen LogP contribution in [-0.2, 0) is 4.74 Å². The van der Waals surface area contributed by atoms with Gasteiger partial charge in [0.2, 0.25) is 0 Å². The molecule has 1 atom stereocenters. The normalized spacial score (nSPS) is 12.6. The van der Waals surface area contributed by atoms with Gasteiger partial charge in [0.15, 0.2) is 11.5 Å². The van der Waals surface area contributed by atoms with Crippen molar-refractivity contribution in [1.29, 1.82) is 0 Å². The number of ether oxygens (including phenoxy) is 3. The number of benzene rings is 1. The smallest absolute Gasteiger partial charge is 0.161 e. The van der Waals surface area contributed by atoms with Gasteiger partial charge in [0.1, 0.15) is 0 Å². The fraction of sp³-hybridized carbons (Fsp3) is 0.571. The van der Waals surface area contributed by atoms with Crippen molar-refractivity contribution in [3.63, 3.8) is 0 Å². The zero-order valence-electron chi connectivity index (χ0n) is 11.9. The highest BCUT2D eigenvalue weighted by Crippen LogP contribution is 2.31. The van der Waals surface area contributed by atoms with Gasteiger partial charge in [-0.2, -0.15) is 0 Å². The summed E-state index contributed by atoms with van der Waals surface area (Å²) < 4.78 is 16.3. The molecule has 0 bridgehead atoms. The van der Waals surface area contributed by atoms with Crippen LogP contribution in [0.2, 0.25) is 0 Å². The Kier molecular flexibility index (Phi) is 5.95. The summed E-state index contributed by atoms with van der Waals surface area (Å²) >= 11 is 0. The summed E-state index contributed by atoms with van der Waals surface area (Å²) in [7, 11) is 7.35. The fourth-order valence-corrected chi connectivity index (χ4v) is 1.84. The van der Waals surface area contributed by atoms with Gasteiger partial charge in [0.25, 0.3) is 0 Å². The maximum atomic E-state index is 5.77. The van der Waals surface area contributed by atoms with Gasteiger partial charge in [-0.15, -0.1) is 0 Å². The van der Waals surface area contributed by atoms with E-state index >= 15 is 0 Å². The molecule has 0 aliphatic heterocycles. The molecule has 0 heterocycles.